The van der Waals surface area contributed by atoms with Gasteiger partial charge in [0, 0.05) is 22.3 Å². The van der Waals surface area contributed by atoms with Crippen molar-refractivity contribution in [1.29, 1.82) is 0 Å². The highest BCUT2D eigenvalue weighted by Gasteiger charge is 2.46. The normalized spacial score (nSPS) is 14.5. The van der Waals surface area contributed by atoms with Crippen LogP contribution in [0.4, 0.5) is 0 Å². The maximum atomic E-state index is 5.51. The van der Waals surface area contributed by atoms with Gasteiger partial charge in [-0.05, 0) is 99.5 Å². The van der Waals surface area contributed by atoms with Crippen LogP contribution in [0.1, 0.15) is 59.6 Å². The van der Waals surface area contributed by atoms with Crippen molar-refractivity contribution in [2.24, 2.45) is 0 Å². The van der Waals surface area contributed by atoms with E-state index < -0.39 is 5.41 Å². The third-order valence-corrected chi connectivity index (χ3v) is 13.4. The molecule has 0 amide bonds. The number of rotatable bonds is 9. The average molecular weight is 860 g/mol. The molecule has 2 heterocycles. The number of aromatic nitrogens is 5. The van der Waals surface area contributed by atoms with Crippen molar-refractivity contribution in [3.8, 4) is 67.5 Å². The molecule has 5 heteroatoms. The van der Waals surface area contributed by atoms with Gasteiger partial charge in [0.05, 0.1) is 16.8 Å². The maximum Gasteiger partial charge on any atom is 0.164 e. The highest BCUT2D eigenvalue weighted by molar-refractivity contribution is 5.95. The van der Waals surface area contributed by atoms with Crippen LogP contribution in [0.25, 0.3) is 78.7 Å². The molecule has 12 rings (SSSR count). The molecule has 0 spiro atoms. The number of nitrogens with zero attached hydrogens (tertiary/aromatic N) is 5. The molecule has 318 valence electrons. The van der Waals surface area contributed by atoms with Crippen molar-refractivity contribution >= 4 is 11.1 Å². The summed E-state index contributed by atoms with van der Waals surface area (Å²) in [5.41, 5.74) is 16.9. The van der Waals surface area contributed by atoms with Crippen molar-refractivity contribution in [2.45, 2.75) is 31.1 Å². The van der Waals surface area contributed by atoms with E-state index in [9.17, 15) is 0 Å². The largest absolute Gasteiger partial charge is 0.228 e. The fraction of sp³-hybridized carbons (Fsp3) is 0.0806. The monoisotopic (exact) mass is 859 g/mol. The van der Waals surface area contributed by atoms with Gasteiger partial charge in [0.2, 0.25) is 0 Å². The molecule has 0 N–H and O–H groups in total. The molecule has 9 aromatic rings. The third-order valence-electron chi connectivity index (χ3n) is 13.4. The van der Waals surface area contributed by atoms with Crippen LogP contribution in [-0.2, 0) is 5.41 Å². The summed E-state index contributed by atoms with van der Waals surface area (Å²) in [6.45, 7) is 0. The number of fused-ring (bicyclic) bond motifs is 3. The third kappa shape index (κ3) is 7.26. The Morgan fingerprint density at radius 2 is 0.821 bits per heavy atom. The van der Waals surface area contributed by atoms with Crippen LogP contribution in [0, 0.1) is 0 Å². The van der Waals surface area contributed by atoms with E-state index >= 15 is 0 Å². The molecule has 0 bridgehead atoms. The molecule has 67 heavy (non-hydrogen) atoms. The van der Waals surface area contributed by atoms with Gasteiger partial charge in [0.1, 0.15) is 0 Å². The second-order valence-corrected chi connectivity index (χ2v) is 17.4. The Morgan fingerprint density at radius 3 is 1.42 bits per heavy atom. The minimum absolute atomic E-state index is 0.586. The number of allylic oxidation sites excluding steroid dienone is 8. The molecule has 0 fully saturated rings. The first-order chi connectivity index (χ1) is 33.2. The standard InChI is InChI=1S/C62H45N5/c1-7-21-43(22-8-1)56-41-57(64-58(63-56)44-23-9-2-10-24-44)53-40-55-52(50-33-19-20-34-54(50)62(55,48-29-15-5-16-30-48)49-31-17-6-18-32-49)39-51(53)42-35-37-47(38-36-42)61-66-59(45-25-11-3-12-26-45)65-60(67-61)46-27-13-4-14-28-46/h1-9,11-13,15-23,25-27,29-41H,10,14,24,28H2. The molecular weight excluding hydrogens is 815 g/mol. The van der Waals surface area contributed by atoms with Gasteiger partial charge in [0.15, 0.2) is 23.3 Å². The van der Waals surface area contributed by atoms with Gasteiger partial charge >= 0.3 is 0 Å². The lowest BCUT2D eigenvalue weighted by Gasteiger charge is -2.34. The lowest BCUT2D eigenvalue weighted by atomic mass is 9.67. The minimum Gasteiger partial charge on any atom is -0.228 e. The smallest absolute Gasteiger partial charge is 0.164 e. The van der Waals surface area contributed by atoms with Gasteiger partial charge in [-0.1, -0.05) is 206 Å². The van der Waals surface area contributed by atoms with Crippen LogP contribution in [0.15, 0.2) is 225 Å². The van der Waals surface area contributed by atoms with Crippen molar-refractivity contribution in [3.05, 3.63) is 258 Å². The first-order valence-electron chi connectivity index (χ1n) is 23.2. The van der Waals surface area contributed by atoms with Gasteiger partial charge in [-0.15, -0.1) is 0 Å². The molecule has 3 aliphatic carbocycles. The van der Waals surface area contributed by atoms with Gasteiger partial charge in [-0.25, -0.2) is 24.9 Å². The number of benzene rings is 7. The summed E-state index contributed by atoms with van der Waals surface area (Å²) in [6.07, 6.45) is 16.6. The van der Waals surface area contributed by atoms with Crippen LogP contribution >= 0.6 is 0 Å². The van der Waals surface area contributed by atoms with Crippen molar-refractivity contribution in [2.75, 3.05) is 0 Å². The van der Waals surface area contributed by atoms with E-state index in [0.29, 0.717) is 11.6 Å². The molecule has 0 radical (unpaired) electrons. The Hall–Kier alpha value is -8.41. The zero-order valence-electron chi connectivity index (χ0n) is 36.9. The molecule has 0 aliphatic heterocycles. The van der Waals surface area contributed by atoms with E-state index in [0.717, 1.165) is 93.2 Å². The van der Waals surface area contributed by atoms with Crippen molar-refractivity contribution < 1.29 is 0 Å². The number of hydrogen-bond donors (Lipinski definition) is 0. The molecule has 5 nitrogen and oxygen atoms in total. The van der Waals surface area contributed by atoms with Gasteiger partial charge < -0.3 is 0 Å². The number of hydrogen-bond acceptors (Lipinski definition) is 5. The fourth-order valence-corrected chi connectivity index (χ4v) is 10.2. The van der Waals surface area contributed by atoms with Crippen LogP contribution in [0.2, 0.25) is 0 Å². The summed E-state index contributed by atoms with van der Waals surface area (Å²) in [5.74, 6) is 2.78. The minimum atomic E-state index is -0.586. The summed E-state index contributed by atoms with van der Waals surface area (Å²) in [5, 5.41) is 0. The zero-order valence-corrected chi connectivity index (χ0v) is 36.9. The summed E-state index contributed by atoms with van der Waals surface area (Å²) in [4.78, 5) is 26.0. The molecule has 0 saturated heterocycles. The predicted octanol–water partition coefficient (Wildman–Crippen LogP) is 14.8. The Balaban J connectivity index is 1.10. The highest BCUT2D eigenvalue weighted by Crippen LogP contribution is 2.58. The van der Waals surface area contributed by atoms with E-state index in [2.05, 4.69) is 206 Å². The van der Waals surface area contributed by atoms with Crippen LogP contribution in [0.3, 0.4) is 0 Å². The first-order valence-corrected chi connectivity index (χ1v) is 23.2. The molecule has 3 aliphatic rings. The lowest BCUT2D eigenvalue weighted by Crippen LogP contribution is -2.28. The molecule has 0 saturated carbocycles. The Bertz CT molecular complexity index is 3390. The van der Waals surface area contributed by atoms with Gasteiger partial charge in [-0.2, -0.15) is 0 Å². The zero-order chi connectivity index (χ0) is 44.6. The summed E-state index contributed by atoms with van der Waals surface area (Å²) in [6, 6.07) is 67.4. The quantitative estimate of drug-likeness (QED) is 0.145. The first kappa shape index (κ1) is 40.1. The van der Waals surface area contributed by atoms with Gasteiger partial charge in [-0.3, -0.25) is 0 Å². The predicted molar refractivity (Wildman–Crippen MR) is 273 cm³/mol. The lowest BCUT2D eigenvalue weighted by molar-refractivity contribution is 0.769. The van der Waals surface area contributed by atoms with Crippen LogP contribution in [0.5, 0.6) is 0 Å². The van der Waals surface area contributed by atoms with Crippen molar-refractivity contribution in [3.63, 3.8) is 0 Å². The molecule has 7 aromatic carbocycles. The molecule has 2 aromatic heterocycles. The van der Waals surface area contributed by atoms with E-state index in [1.54, 1.807) is 0 Å². The summed E-state index contributed by atoms with van der Waals surface area (Å²) in [7, 11) is 0. The summed E-state index contributed by atoms with van der Waals surface area (Å²) < 4.78 is 0. The van der Waals surface area contributed by atoms with E-state index in [-0.39, 0.29) is 0 Å². The topological polar surface area (TPSA) is 64.5 Å². The SMILES string of the molecule is C1=CCCC(c2nc(-c3ccccc3)cc(-c3cc4c(cc3-c3ccc(-c5nc(C6=CC=CCC6)nc(-c6ccccc6)n5)cc3)-c3ccccc3C4(c3ccccc3)c3ccccc3)n2)=C1. The van der Waals surface area contributed by atoms with Crippen molar-refractivity contribution in [1.82, 2.24) is 24.9 Å². The Morgan fingerprint density at radius 1 is 0.328 bits per heavy atom. The Labute approximate surface area is 391 Å². The fourth-order valence-electron chi connectivity index (χ4n) is 10.2. The molecular formula is C62H45N5. The van der Waals surface area contributed by atoms with Crippen LogP contribution < -0.4 is 0 Å². The van der Waals surface area contributed by atoms with E-state index in [1.807, 2.05) is 18.2 Å². The summed E-state index contributed by atoms with van der Waals surface area (Å²) >= 11 is 0. The van der Waals surface area contributed by atoms with E-state index in [1.165, 1.54) is 33.4 Å². The molecule has 0 atom stereocenters. The van der Waals surface area contributed by atoms with E-state index in [4.69, 9.17) is 24.9 Å². The second kappa shape index (κ2) is 17.2. The van der Waals surface area contributed by atoms with Crippen LogP contribution in [-0.4, -0.2) is 24.9 Å². The van der Waals surface area contributed by atoms with Gasteiger partial charge in [0.25, 0.3) is 0 Å². The second-order valence-electron chi connectivity index (χ2n) is 17.4. The Kier molecular flexibility index (Phi) is 10.3. The average Bonchev–Trinajstić information content (AvgIpc) is 3.72. The molecule has 0 unspecified atom stereocenters. The maximum absolute atomic E-state index is 5.51. The highest BCUT2D eigenvalue weighted by atomic mass is 15.0.